The summed E-state index contributed by atoms with van der Waals surface area (Å²) in [7, 11) is 0. The molecule has 1 fully saturated rings. The lowest BCUT2D eigenvalue weighted by Crippen LogP contribution is -2.48. The number of hydrogen-bond acceptors (Lipinski definition) is 4. The Labute approximate surface area is 185 Å². The quantitative estimate of drug-likeness (QED) is 0.597. The summed E-state index contributed by atoms with van der Waals surface area (Å²) >= 11 is 1.14. The Bertz CT molecular complexity index is 1090. The number of hydrogen-bond donors (Lipinski definition) is 1. The first kappa shape index (κ1) is 21.6. The zero-order valence-corrected chi connectivity index (χ0v) is 18.8. The highest BCUT2D eigenvalue weighted by Gasteiger charge is 2.36. The predicted octanol–water partition coefficient (Wildman–Crippen LogP) is 5.97. The molecule has 1 atom stereocenters. The lowest BCUT2D eigenvalue weighted by molar-refractivity contribution is -0.115. The fraction of sp³-hybridized carbons (Fsp3) is 0.333. The van der Waals surface area contributed by atoms with Gasteiger partial charge in [0.15, 0.2) is 5.17 Å². The number of nitrogens with one attached hydrogen (secondary N) is 1. The fourth-order valence-corrected chi connectivity index (χ4v) is 5.32. The second kappa shape index (κ2) is 8.11. The second-order valence-electron chi connectivity index (χ2n) is 8.55. The molecule has 4 nitrogen and oxygen atoms in total. The molecule has 4 rings (SSSR count). The van der Waals surface area contributed by atoms with Crippen molar-refractivity contribution < 1.29 is 13.6 Å². The number of halogens is 2. The molecule has 0 aliphatic carbocycles. The first-order valence-corrected chi connectivity index (χ1v) is 11.2. The number of carbonyl (C=O) groups excluding carboxylic acids is 1. The molecule has 2 aliphatic heterocycles. The molecule has 1 saturated heterocycles. The molecule has 0 radical (unpaired) electrons. The van der Waals surface area contributed by atoms with Crippen LogP contribution >= 0.6 is 11.8 Å². The molecule has 0 spiro atoms. The standard InChI is InChI=1S/C24H25F2N3OS/c1-5-29-20-12-19(26)15(10-18(20)14(2)13-24(29,3)4)11-21-22(30)28-23(31-21)27-17-8-6-16(25)7-9-17/h6-12,14H,5,13H2,1-4H3,(H,27,28,30)/b21-11+. The second-order valence-corrected chi connectivity index (χ2v) is 9.58. The number of benzene rings is 2. The summed E-state index contributed by atoms with van der Waals surface area (Å²) < 4.78 is 28.1. The van der Waals surface area contributed by atoms with Crippen molar-refractivity contribution in [3.8, 4) is 0 Å². The van der Waals surface area contributed by atoms with Gasteiger partial charge in [0, 0.05) is 23.3 Å². The molecule has 31 heavy (non-hydrogen) atoms. The van der Waals surface area contributed by atoms with Crippen molar-refractivity contribution in [3.05, 3.63) is 64.1 Å². The SMILES string of the molecule is CCN1c2cc(F)c(/C=C3/SC(=Nc4ccc(F)cc4)NC3=O)cc2C(C)CC1(C)C. The molecule has 1 N–H and O–H groups in total. The molecule has 0 saturated carbocycles. The van der Waals surface area contributed by atoms with Gasteiger partial charge in [-0.1, -0.05) is 6.92 Å². The van der Waals surface area contributed by atoms with Crippen LogP contribution in [-0.2, 0) is 4.79 Å². The van der Waals surface area contributed by atoms with E-state index in [2.05, 4.69) is 42.9 Å². The van der Waals surface area contributed by atoms with E-state index < -0.39 is 0 Å². The van der Waals surface area contributed by atoms with E-state index in [1.165, 1.54) is 24.3 Å². The van der Waals surface area contributed by atoms with E-state index in [-0.39, 0.29) is 29.0 Å². The minimum atomic E-state index is -0.355. The summed E-state index contributed by atoms with van der Waals surface area (Å²) in [6.07, 6.45) is 2.55. The highest BCUT2D eigenvalue weighted by molar-refractivity contribution is 8.18. The monoisotopic (exact) mass is 441 g/mol. The summed E-state index contributed by atoms with van der Waals surface area (Å²) in [4.78, 5) is 19.3. The first-order valence-electron chi connectivity index (χ1n) is 10.3. The molecule has 1 unspecified atom stereocenters. The maximum Gasteiger partial charge on any atom is 0.264 e. The van der Waals surface area contributed by atoms with Crippen molar-refractivity contribution in [2.24, 2.45) is 4.99 Å². The van der Waals surface area contributed by atoms with Crippen molar-refractivity contribution in [2.45, 2.75) is 45.6 Å². The predicted molar refractivity (Wildman–Crippen MR) is 124 cm³/mol. The Morgan fingerprint density at radius 1 is 1.26 bits per heavy atom. The third kappa shape index (κ3) is 4.24. The average molecular weight is 442 g/mol. The number of amidine groups is 1. The van der Waals surface area contributed by atoms with E-state index in [0.29, 0.717) is 21.3 Å². The minimum absolute atomic E-state index is 0.0412. The number of thioether (sulfide) groups is 1. The van der Waals surface area contributed by atoms with Crippen LogP contribution in [0.25, 0.3) is 6.08 Å². The summed E-state index contributed by atoms with van der Waals surface area (Å²) in [6.45, 7) is 9.41. The maximum absolute atomic E-state index is 15.1. The van der Waals surface area contributed by atoms with Crippen molar-refractivity contribution in [2.75, 3.05) is 11.4 Å². The van der Waals surface area contributed by atoms with E-state index in [4.69, 9.17) is 0 Å². The maximum atomic E-state index is 15.1. The molecular formula is C24H25F2N3OS. The van der Waals surface area contributed by atoms with Crippen LogP contribution in [0.4, 0.5) is 20.2 Å². The van der Waals surface area contributed by atoms with Crippen molar-refractivity contribution >= 4 is 40.3 Å². The third-order valence-electron chi connectivity index (χ3n) is 5.82. The van der Waals surface area contributed by atoms with E-state index in [9.17, 15) is 9.18 Å². The molecular weight excluding hydrogens is 416 g/mol. The van der Waals surface area contributed by atoms with Gasteiger partial charge in [0.2, 0.25) is 0 Å². The topological polar surface area (TPSA) is 44.7 Å². The fourth-order valence-electron chi connectivity index (χ4n) is 4.48. The molecule has 1 amide bonds. The molecule has 162 valence electrons. The Morgan fingerprint density at radius 2 is 1.97 bits per heavy atom. The molecule has 2 aromatic rings. The van der Waals surface area contributed by atoms with Gasteiger partial charge >= 0.3 is 0 Å². The number of anilines is 1. The molecule has 2 aromatic carbocycles. The van der Waals surface area contributed by atoms with Gasteiger partial charge in [-0.2, -0.15) is 0 Å². The van der Waals surface area contributed by atoms with Gasteiger partial charge in [-0.15, -0.1) is 0 Å². The highest BCUT2D eigenvalue weighted by atomic mass is 32.2. The zero-order valence-electron chi connectivity index (χ0n) is 18.0. The van der Waals surface area contributed by atoms with Crippen LogP contribution in [0.5, 0.6) is 0 Å². The van der Waals surface area contributed by atoms with Gasteiger partial charge in [-0.3, -0.25) is 4.79 Å². The Kier molecular flexibility index (Phi) is 5.64. The van der Waals surface area contributed by atoms with Gasteiger partial charge in [0.25, 0.3) is 5.91 Å². The third-order valence-corrected chi connectivity index (χ3v) is 6.72. The van der Waals surface area contributed by atoms with Crippen LogP contribution in [0.1, 0.15) is 51.2 Å². The summed E-state index contributed by atoms with van der Waals surface area (Å²) in [6, 6.07) is 9.13. The van der Waals surface area contributed by atoms with Gasteiger partial charge in [-0.25, -0.2) is 13.8 Å². The molecule has 0 bridgehead atoms. The van der Waals surface area contributed by atoms with Gasteiger partial charge in [0.1, 0.15) is 11.6 Å². The highest BCUT2D eigenvalue weighted by Crippen LogP contribution is 2.44. The van der Waals surface area contributed by atoms with Crippen molar-refractivity contribution in [3.63, 3.8) is 0 Å². The number of carbonyl (C=O) groups is 1. The number of rotatable bonds is 3. The Balaban J connectivity index is 1.66. The smallest absolute Gasteiger partial charge is 0.264 e. The van der Waals surface area contributed by atoms with Crippen molar-refractivity contribution in [1.82, 2.24) is 5.32 Å². The van der Waals surface area contributed by atoms with Crippen LogP contribution < -0.4 is 10.2 Å². The Morgan fingerprint density at radius 3 is 2.65 bits per heavy atom. The lowest BCUT2D eigenvalue weighted by atomic mass is 9.79. The minimum Gasteiger partial charge on any atom is -0.366 e. The van der Waals surface area contributed by atoms with Crippen LogP contribution in [-0.4, -0.2) is 23.2 Å². The average Bonchev–Trinajstić information content (AvgIpc) is 3.03. The van der Waals surface area contributed by atoms with Crippen molar-refractivity contribution in [1.29, 1.82) is 0 Å². The van der Waals surface area contributed by atoms with Crippen LogP contribution in [0, 0.1) is 11.6 Å². The molecule has 2 aliphatic rings. The van der Waals surface area contributed by atoms with E-state index in [1.807, 2.05) is 6.07 Å². The summed E-state index contributed by atoms with van der Waals surface area (Å²) in [5, 5.41) is 3.07. The number of amides is 1. The summed E-state index contributed by atoms with van der Waals surface area (Å²) in [5.74, 6) is -0.750. The largest absolute Gasteiger partial charge is 0.366 e. The van der Waals surface area contributed by atoms with Crippen LogP contribution in [0.15, 0.2) is 46.3 Å². The normalized spacial score (nSPS) is 22.7. The number of nitrogens with zero attached hydrogens (tertiary/aromatic N) is 2. The molecule has 0 aromatic heterocycles. The van der Waals surface area contributed by atoms with Crippen LogP contribution in [0.3, 0.4) is 0 Å². The number of aliphatic imine (C=N–C) groups is 1. The van der Waals surface area contributed by atoms with Gasteiger partial charge < -0.3 is 10.2 Å². The Hall–Kier alpha value is -2.67. The summed E-state index contributed by atoms with van der Waals surface area (Å²) in [5.41, 5.74) is 2.90. The number of fused-ring (bicyclic) bond motifs is 1. The van der Waals surface area contributed by atoms with E-state index >= 15 is 4.39 Å². The lowest BCUT2D eigenvalue weighted by Gasteiger charge is -2.47. The van der Waals surface area contributed by atoms with Gasteiger partial charge in [-0.05, 0) is 92.9 Å². The van der Waals surface area contributed by atoms with Gasteiger partial charge in [0.05, 0.1) is 10.6 Å². The van der Waals surface area contributed by atoms with Crippen LogP contribution in [0.2, 0.25) is 0 Å². The molecule has 7 heteroatoms. The van der Waals surface area contributed by atoms with E-state index in [0.717, 1.165) is 36.0 Å². The first-order chi connectivity index (χ1) is 14.7. The van der Waals surface area contributed by atoms with E-state index in [1.54, 1.807) is 12.1 Å². The zero-order chi connectivity index (χ0) is 22.3. The molecule has 2 heterocycles.